The van der Waals surface area contributed by atoms with Crippen LogP contribution in [0.15, 0.2) is 37.8 Å². The van der Waals surface area contributed by atoms with Gasteiger partial charge in [-0.2, -0.15) is 4.99 Å². The van der Waals surface area contributed by atoms with Gasteiger partial charge in [-0.05, 0) is 6.07 Å². The Hall–Kier alpha value is -3.47. The van der Waals surface area contributed by atoms with E-state index in [9.17, 15) is 14.9 Å². The molecule has 0 fully saturated rings. The maximum Gasteiger partial charge on any atom is 0.345 e. The molecule has 0 bridgehead atoms. The molecule has 0 atom stereocenters. The number of nitro groups is 1. The third kappa shape index (κ3) is 3.12. The molecule has 0 saturated carbocycles. The first kappa shape index (κ1) is 16.4. The van der Waals surface area contributed by atoms with E-state index in [0.717, 1.165) is 11.3 Å². The summed E-state index contributed by atoms with van der Waals surface area (Å²) in [5, 5.41) is 13.2. The van der Waals surface area contributed by atoms with Crippen LogP contribution in [0, 0.1) is 10.1 Å². The highest BCUT2D eigenvalue weighted by atomic mass is 32.1. The Labute approximate surface area is 143 Å². The summed E-state index contributed by atoms with van der Waals surface area (Å²) in [5.41, 5.74) is 10.3. The zero-order valence-electron chi connectivity index (χ0n) is 12.8. The molecule has 25 heavy (non-hydrogen) atoms. The van der Waals surface area contributed by atoms with Gasteiger partial charge in [-0.25, -0.2) is 9.78 Å². The summed E-state index contributed by atoms with van der Waals surface area (Å²) in [6, 6.07) is 3.92. The molecular formula is C14H11N5O5S. The molecule has 3 rings (SSSR count). The van der Waals surface area contributed by atoms with Gasteiger partial charge in [0.1, 0.15) is 0 Å². The van der Waals surface area contributed by atoms with Gasteiger partial charge in [0.25, 0.3) is 5.69 Å². The molecule has 0 spiro atoms. The Kier molecular flexibility index (Phi) is 4.07. The summed E-state index contributed by atoms with van der Waals surface area (Å²) >= 11 is 1.13. The lowest BCUT2D eigenvalue weighted by Crippen LogP contribution is -2.21. The Morgan fingerprint density at radius 2 is 2.16 bits per heavy atom. The highest BCUT2D eigenvalue weighted by Gasteiger charge is 2.18. The Morgan fingerprint density at radius 1 is 1.40 bits per heavy atom. The van der Waals surface area contributed by atoms with E-state index < -0.39 is 10.5 Å². The highest BCUT2D eigenvalue weighted by molar-refractivity contribution is 7.13. The van der Waals surface area contributed by atoms with Crippen LogP contribution < -0.4 is 21.8 Å². The van der Waals surface area contributed by atoms with Crippen LogP contribution in [-0.4, -0.2) is 23.0 Å². The van der Waals surface area contributed by atoms with Crippen LogP contribution in [-0.2, 0) is 0 Å². The summed E-state index contributed by atoms with van der Waals surface area (Å²) in [4.78, 5) is 30.7. The molecule has 1 aromatic carbocycles. The summed E-state index contributed by atoms with van der Waals surface area (Å²) in [5.74, 6) is -0.0703. The number of ether oxygens (including phenoxy) is 1. The number of hydrogen-bond acceptors (Lipinski definition) is 8. The van der Waals surface area contributed by atoms with E-state index in [1.807, 2.05) is 0 Å². The molecule has 128 valence electrons. The number of thiazole rings is 1. The number of rotatable bonds is 4. The fraction of sp³-hybridized carbons (Fsp3) is 0.0714. The molecule has 0 aliphatic rings. The number of guanidine groups is 1. The molecule has 0 saturated heterocycles. The average molecular weight is 361 g/mol. The van der Waals surface area contributed by atoms with Crippen LogP contribution in [0.1, 0.15) is 0 Å². The van der Waals surface area contributed by atoms with Crippen LogP contribution in [0.4, 0.5) is 10.8 Å². The predicted octanol–water partition coefficient (Wildman–Crippen LogP) is 1.74. The molecule has 11 heteroatoms. The van der Waals surface area contributed by atoms with Crippen LogP contribution in [0.5, 0.6) is 5.75 Å². The number of hydrogen-bond donors (Lipinski definition) is 2. The molecule has 0 amide bonds. The lowest BCUT2D eigenvalue weighted by atomic mass is 10.1. The third-order valence-electron chi connectivity index (χ3n) is 3.21. The summed E-state index contributed by atoms with van der Waals surface area (Å²) < 4.78 is 10.3. The second kappa shape index (κ2) is 6.20. The molecule has 0 radical (unpaired) electrons. The lowest BCUT2D eigenvalue weighted by Gasteiger charge is -2.05. The number of nitrogens with zero attached hydrogens (tertiary/aromatic N) is 3. The highest BCUT2D eigenvalue weighted by Crippen LogP contribution is 2.33. The molecule has 4 N–H and O–H groups in total. The number of aromatic nitrogens is 1. The topological polar surface area (TPSA) is 160 Å². The first-order valence-electron chi connectivity index (χ1n) is 6.75. The van der Waals surface area contributed by atoms with Gasteiger partial charge >= 0.3 is 5.63 Å². The van der Waals surface area contributed by atoms with Crippen molar-refractivity contribution in [3.05, 3.63) is 44.1 Å². The number of methoxy groups -OCH3 is 1. The molecule has 0 unspecified atom stereocenters. The smallest absolute Gasteiger partial charge is 0.345 e. The number of fused-ring (bicyclic) bond motifs is 1. The summed E-state index contributed by atoms with van der Waals surface area (Å²) in [7, 11) is 1.33. The van der Waals surface area contributed by atoms with E-state index in [-0.39, 0.29) is 33.7 Å². The van der Waals surface area contributed by atoms with E-state index in [1.54, 1.807) is 5.38 Å². The van der Waals surface area contributed by atoms with Gasteiger partial charge < -0.3 is 20.6 Å². The molecular weight excluding hydrogens is 350 g/mol. The van der Waals surface area contributed by atoms with Crippen LogP contribution in [0.25, 0.3) is 22.2 Å². The van der Waals surface area contributed by atoms with Gasteiger partial charge in [0.05, 0.1) is 29.4 Å². The van der Waals surface area contributed by atoms with Crippen molar-refractivity contribution in [1.82, 2.24) is 4.98 Å². The van der Waals surface area contributed by atoms with Gasteiger partial charge in [-0.15, -0.1) is 11.3 Å². The fourth-order valence-electron chi connectivity index (χ4n) is 2.17. The van der Waals surface area contributed by atoms with Crippen molar-refractivity contribution >= 4 is 39.1 Å². The van der Waals surface area contributed by atoms with E-state index in [2.05, 4.69) is 9.98 Å². The normalized spacial score (nSPS) is 10.6. The number of aliphatic imine (C=N–C) groups is 1. The minimum absolute atomic E-state index is 0.0901. The quantitative estimate of drug-likeness (QED) is 0.233. The SMILES string of the molecule is COc1cc([N+](=O)[O-])cc2cc(-c3csc(N=C(N)N)n3)c(=O)oc12. The van der Waals surface area contributed by atoms with Crippen LogP contribution in [0.3, 0.4) is 0 Å². The Morgan fingerprint density at radius 3 is 2.80 bits per heavy atom. The molecule has 0 aliphatic carbocycles. The van der Waals surface area contributed by atoms with E-state index in [4.69, 9.17) is 20.6 Å². The predicted molar refractivity (Wildman–Crippen MR) is 92.3 cm³/mol. The number of benzene rings is 1. The monoisotopic (exact) mass is 361 g/mol. The number of non-ortho nitro benzene ring substituents is 1. The summed E-state index contributed by atoms with van der Waals surface area (Å²) in [6.07, 6.45) is 0. The minimum atomic E-state index is -0.666. The maximum absolute atomic E-state index is 12.3. The zero-order chi connectivity index (χ0) is 18.1. The molecule has 2 heterocycles. The third-order valence-corrected chi connectivity index (χ3v) is 3.94. The molecule has 10 nitrogen and oxygen atoms in total. The van der Waals surface area contributed by atoms with E-state index >= 15 is 0 Å². The van der Waals surface area contributed by atoms with Crippen molar-refractivity contribution in [2.75, 3.05) is 7.11 Å². The van der Waals surface area contributed by atoms with Crippen molar-refractivity contribution < 1.29 is 14.1 Å². The summed E-state index contributed by atoms with van der Waals surface area (Å²) in [6.45, 7) is 0. The minimum Gasteiger partial charge on any atom is -0.493 e. The van der Waals surface area contributed by atoms with Gasteiger partial charge in [-0.3, -0.25) is 10.1 Å². The molecule has 0 aliphatic heterocycles. The second-order valence-corrected chi connectivity index (χ2v) is 5.66. The van der Waals surface area contributed by atoms with Crippen molar-refractivity contribution in [1.29, 1.82) is 0 Å². The van der Waals surface area contributed by atoms with Crippen molar-refractivity contribution in [3.63, 3.8) is 0 Å². The van der Waals surface area contributed by atoms with Gasteiger partial charge in [0.15, 0.2) is 17.3 Å². The first-order valence-corrected chi connectivity index (χ1v) is 7.63. The lowest BCUT2D eigenvalue weighted by molar-refractivity contribution is -0.384. The van der Waals surface area contributed by atoms with E-state index in [0.29, 0.717) is 11.1 Å². The maximum atomic E-state index is 12.3. The van der Waals surface area contributed by atoms with E-state index in [1.165, 1.54) is 25.3 Å². The van der Waals surface area contributed by atoms with Crippen molar-refractivity contribution in [2.45, 2.75) is 0 Å². The molecule has 3 aromatic rings. The largest absolute Gasteiger partial charge is 0.493 e. The number of nitrogens with two attached hydrogens (primary N) is 2. The second-order valence-electron chi connectivity index (χ2n) is 4.82. The van der Waals surface area contributed by atoms with Gasteiger partial charge in [0.2, 0.25) is 5.13 Å². The van der Waals surface area contributed by atoms with Crippen molar-refractivity contribution in [3.8, 4) is 17.0 Å². The van der Waals surface area contributed by atoms with Gasteiger partial charge in [0, 0.05) is 16.8 Å². The Bertz CT molecular complexity index is 1070. The van der Waals surface area contributed by atoms with Crippen molar-refractivity contribution in [2.24, 2.45) is 16.5 Å². The first-order chi connectivity index (χ1) is 11.9. The van der Waals surface area contributed by atoms with Gasteiger partial charge in [-0.1, -0.05) is 0 Å². The average Bonchev–Trinajstić information content (AvgIpc) is 3.00. The van der Waals surface area contributed by atoms with Crippen LogP contribution in [0.2, 0.25) is 0 Å². The fourth-order valence-corrected chi connectivity index (χ4v) is 2.88. The molecule has 2 aromatic heterocycles. The Balaban J connectivity index is 2.21. The standard InChI is InChI=1S/C14H11N5O5S/c1-23-10-4-7(19(21)22)2-6-3-8(12(20)24-11(6)10)9-5-25-14(17-9)18-13(15)16/h2-5H,1H3,(H4,15,16,17,18). The zero-order valence-corrected chi connectivity index (χ0v) is 13.6. The van der Waals surface area contributed by atoms with Crippen LogP contribution >= 0.6 is 11.3 Å². The number of nitro benzene ring substituents is 1.